The van der Waals surface area contributed by atoms with Crippen LogP contribution in [0.3, 0.4) is 0 Å². The molecule has 1 N–H and O–H groups in total. The Hall–Kier alpha value is -0.870. The van der Waals surface area contributed by atoms with E-state index in [1.165, 1.54) is 4.88 Å². The molecule has 0 bridgehead atoms. The van der Waals surface area contributed by atoms with Crippen LogP contribution in [-0.2, 0) is 11.3 Å². The monoisotopic (exact) mass is 240 g/mol. The summed E-state index contributed by atoms with van der Waals surface area (Å²) in [7, 11) is 1.82. The van der Waals surface area contributed by atoms with Crippen LogP contribution in [0.1, 0.15) is 25.6 Å². The molecule has 3 nitrogen and oxygen atoms in total. The normalized spacial score (nSPS) is 11.5. The molecule has 0 saturated carbocycles. The molecule has 1 heterocycles. The number of carbonyl (C=O) groups excluding carboxylic acids is 1. The first-order chi connectivity index (χ1) is 7.51. The fourth-order valence-electron chi connectivity index (χ4n) is 1.42. The van der Waals surface area contributed by atoms with Crippen LogP contribution in [-0.4, -0.2) is 29.9 Å². The van der Waals surface area contributed by atoms with Gasteiger partial charge in [-0.2, -0.15) is 0 Å². The molecule has 4 heteroatoms. The van der Waals surface area contributed by atoms with Crippen LogP contribution in [0.15, 0.2) is 17.5 Å². The van der Waals surface area contributed by atoms with Gasteiger partial charge < -0.3 is 10.2 Å². The van der Waals surface area contributed by atoms with Gasteiger partial charge in [0.15, 0.2) is 0 Å². The number of thiophene rings is 1. The molecule has 0 unspecified atom stereocenters. The third kappa shape index (κ3) is 3.06. The van der Waals surface area contributed by atoms with Crippen molar-refractivity contribution in [2.24, 2.45) is 0 Å². The van der Waals surface area contributed by atoms with Gasteiger partial charge in [0.1, 0.15) is 0 Å². The van der Waals surface area contributed by atoms with Crippen molar-refractivity contribution >= 4 is 17.2 Å². The molecular formula is C12H20N2OS. The van der Waals surface area contributed by atoms with Crippen LogP contribution in [0.5, 0.6) is 0 Å². The highest BCUT2D eigenvalue weighted by Crippen LogP contribution is 2.15. The van der Waals surface area contributed by atoms with E-state index in [9.17, 15) is 4.79 Å². The quantitative estimate of drug-likeness (QED) is 0.855. The topological polar surface area (TPSA) is 32.3 Å². The number of likely N-dealkylation sites (N-methyl/N-ethyl adjacent to an activating group) is 2. The Morgan fingerprint density at radius 1 is 1.56 bits per heavy atom. The highest BCUT2D eigenvalue weighted by Gasteiger charge is 2.29. The number of nitrogens with one attached hydrogen (secondary N) is 1. The Morgan fingerprint density at radius 2 is 2.25 bits per heavy atom. The van der Waals surface area contributed by atoms with Gasteiger partial charge in [0.2, 0.25) is 5.91 Å². The van der Waals surface area contributed by atoms with E-state index in [4.69, 9.17) is 0 Å². The lowest BCUT2D eigenvalue weighted by molar-refractivity contribution is -0.137. The highest BCUT2D eigenvalue weighted by atomic mass is 32.1. The summed E-state index contributed by atoms with van der Waals surface area (Å²) in [5, 5.41) is 5.09. The van der Waals surface area contributed by atoms with Crippen molar-refractivity contribution in [1.29, 1.82) is 0 Å². The van der Waals surface area contributed by atoms with Crippen molar-refractivity contribution in [3.05, 3.63) is 22.4 Å². The third-order valence-electron chi connectivity index (χ3n) is 2.76. The molecule has 0 spiro atoms. The molecular weight excluding hydrogens is 220 g/mol. The minimum atomic E-state index is -0.493. The second-order valence-corrected chi connectivity index (χ2v) is 5.31. The van der Waals surface area contributed by atoms with Gasteiger partial charge >= 0.3 is 0 Å². The maximum atomic E-state index is 12.2. The van der Waals surface area contributed by atoms with Crippen molar-refractivity contribution < 1.29 is 4.79 Å². The summed E-state index contributed by atoms with van der Waals surface area (Å²) >= 11 is 1.69. The average molecular weight is 240 g/mol. The number of hydrogen-bond acceptors (Lipinski definition) is 3. The molecule has 90 valence electrons. The van der Waals surface area contributed by atoms with Crippen LogP contribution >= 0.6 is 11.3 Å². The number of rotatable bonds is 5. The molecule has 0 fully saturated rings. The summed E-state index contributed by atoms with van der Waals surface area (Å²) in [6, 6.07) is 4.08. The van der Waals surface area contributed by atoms with Crippen LogP contribution < -0.4 is 5.32 Å². The molecule has 0 saturated heterocycles. The first kappa shape index (κ1) is 13.2. The molecule has 0 atom stereocenters. The maximum Gasteiger partial charge on any atom is 0.242 e. The smallest absolute Gasteiger partial charge is 0.242 e. The Labute approximate surface area is 101 Å². The zero-order valence-electron chi connectivity index (χ0n) is 10.4. The Morgan fingerprint density at radius 3 is 2.69 bits per heavy atom. The molecule has 0 aliphatic rings. The largest absolute Gasteiger partial charge is 0.336 e. The zero-order chi connectivity index (χ0) is 12.2. The lowest BCUT2D eigenvalue weighted by atomic mass is 10.0. The zero-order valence-corrected chi connectivity index (χ0v) is 11.2. The van der Waals surface area contributed by atoms with Gasteiger partial charge in [-0.05, 0) is 39.3 Å². The fourth-order valence-corrected chi connectivity index (χ4v) is 2.14. The lowest BCUT2D eigenvalue weighted by Crippen LogP contribution is -2.52. The predicted molar refractivity (Wildman–Crippen MR) is 68.5 cm³/mol. The van der Waals surface area contributed by atoms with Crippen molar-refractivity contribution in [1.82, 2.24) is 10.2 Å². The highest BCUT2D eigenvalue weighted by molar-refractivity contribution is 7.09. The molecule has 1 amide bonds. The van der Waals surface area contributed by atoms with Crippen LogP contribution in [0.25, 0.3) is 0 Å². The summed E-state index contributed by atoms with van der Waals surface area (Å²) in [6.07, 6.45) is 0. The van der Waals surface area contributed by atoms with Crippen LogP contribution in [0.4, 0.5) is 0 Å². The van der Waals surface area contributed by atoms with Crippen molar-refractivity contribution in [2.75, 3.05) is 13.6 Å². The van der Waals surface area contributed by atoms with Gasteiger partial charge in [-0.25, -0.2) is 0 Å². The standard InChI is InChI=1S/C12H20N2OS/c1-5-14(9-10-7-6-8-16-10)11(15)12(2,3)13-4/h6-8,13H,5,9H2,1-4H3. The summed E-state index contributed by atoms with van der Waals surface area (Å²) in [4.78, 5) is 15.3. The van der Waals surface area contributed by atoms with Crippen molar-refractivity contribution in [2.45, 2.75) is 32.9 Å². The molecule has 0 aliphatic carbocycles. The predicted octanol–water partition coefficient (Wildman–Crippen LogP) is 2.09. The molecule has 1 rings (SSSR count). The van der Waals surface area contributed by atoms with Gasteiger partial charge in [-0.15, -0.1) is 11.3 Å². The van der Waals surface area contributed by atoms with Gasteiger partial charge in [0.05, 0.1) is 12.1 Å². The van der Waals surface area contributed by atoms with Gasteiger partial charge in [0.25, 0.3) is 0 Å². The molecule has 1 aromatic heterocycles. The van der Waals surface area contributed by atoms with E-state index < -0.39 is 5.54 Å². The van der Waals surface area contributed by atoms with E-state index in [1.807, 2.05) is 44.2 Å². The van der Waals surface area contributed by atoms with Crippen molar-refractivity contribution in [3.63, 3.8) is 0 Å². The van der Waals surface area contributed by atoms with Gasteiger partial charge in [-0.1, -0.05) is 6.07 Å². The van der Waals surface area contributed by atoms with E-state index >= 15 is 0 Å². The first-order valence-corrected chi connectivity index (χ1v) is 6.40. The van der Waals surface area contributed by atoms with Crippen molar-refractivity contribution in [3.8, 4) is 0 Å². The average Bonchev–Trinajstić information content (AvgIpc) is 2.77. The Balaban J connectivity index is 2.71. The molecule has 0 aromatic carbocycles. The first-order valence-electron chi connectivity index (χ1n) is 5.52. The van der Waals surface area contributed by atoms with E-state index in [0.29, 0.717) is 6.54 Å². The maximum absolute atomic E-state index is 12.2. The van der Waals surface area contributed by atoms with E-state index in [-0.39, 0.29) is 5.91 Å². The second-order valence-electron chi connectivity index (χ2n) is 4.27. The molecule has 16 heavy (non-hydrogen) atoms. The second kappa shape index (κ2) is 5.46. The number of hydrogen-bond donors (Lipinski definition) is 1. The number of amides is 1. The SMILES string of the molecule is CCN(Cc1cccs1)C(=O)C(C)(C)NC. The Kier molecular flexibility index (Phi) is 4.50. The molecule has 0 aliphatic heterocycles. The minimum absolute atomic E-state index is 0.144. The van der Waals surface area contributed by atoms with Crippen LogP contribution in [0.2, 0.25) is 0 Å². The fraction of sp³-hybridized carbons (Fsp3) is 0.583. The number of nitrogens with zero attached hydrogens (tertiary/aromatic N) is 1. The van der Waals surface area contributed by atoms with Gasteiger partial charge in [0, 0.05) is 11.4 Å². The van der Waals surface area contributed by atoms with Crippen LogP contribution in [0, 0.1) is 0 Å². The van der Waals surface area contributed by atoms with Gasteiger partial charge in [-0.3, -0.25) is 4.79 Å². The van der Waals surface area contributed by atoms with E-state index in [0.717, 1.165) is 6.54 Å². The molecule has 1 aromatic rings. The summed E-state index contributed by atoms with van der Waals surface area (Å²) in [6.45, 7) is 7.27. The Bertz CT molecular complexity index is 333. The molecule has 0 radical (unpaired) electrons. The number of carbonyl (C=O) groups is 1. The lowest BCUT2D eigenvalue weighted by Gasteiger charge is -2.30. The third-order valence-corrected chi connectivity index (χ3v) is 3.62. The van der Waals surface area contributed by atoms with E-state index in [1.54, 1.807) is 11.3 Å². The summed E-state index contributed by atoms with van der Waals surface area (Å²) < 4.78 is 0. The summed E-state index contributed by atoms with van der Waals surface area (Å²) in [5.41, 5.74) is -0.493. The van der Waals surface area contributed by atoms with E-state index in [2.05, 4.69) is 11.4 Å². The minimum Gasteiger partial charge on any atom is -0.336 e. The summed E-state index contributed by atoms with van der Waals surface area (Å²) in [5.74, 6) is 0.144.